The maximum absolute atomic E-state index is 6.52. The molecule has 0 aliphatic heterocycles. The molecule has 0 unspecified atom stereocenters. The maximum Gasteiger partial charge on any atom is 0.227 e. The minimum Gasteiger partial charge on any atom is -0.436 e. The first-order chi connectivity index (χ1) is 29.2. The van der Waals surface area contributed by atoms with Gasteiger partial charge < -0.3 is 8.98 Å². The van der Waals surface area contributed by atoms with E-state index in [2.05, 4.69) is 114 Å². The Morgan fingerprint density at radius 1 is 0.407 bits per heavy atom. The van der Waals surface area contributed by atoms with Crippen molar-refractivity contribution >= 4 is 64.4 Å². The number of hydrogen-bond donors (Lipinski definition) is 0. The topological polar surface area (TPSA) is 69.6 Å². The second kappa shape index (κ2) is 13.4. The lowest BCUT2D eigenvalue weighted by atomic mass is 10.0. The zero-order valence-corrected chi connectivity index (χ0v) is 32.3. The Morgan fingerprint density at radius 3 is 1.83 bits per heavy atom. The van der Waals surface area contributed by atoms with Crippen molar-refractivity contribution in [2.75, 3.05) is 0 Å². The first-order valence-corrected chi connectivity index (χ1v) is 20.4. The highest BCUT2D eigenvalue weighted by Gasteiger charge is 2.18. The van der Waals surface area contributed by atoms with Crippen LogP contribution in [-0.2, 0) is 0 Å². The fourth-order valence-electron chi connectivity index (χ4n) is 8.30. The molecule has 276 valence electrons. The third-order valence-corrected chi connectivity index (χ3v) is 12.3. The van der Waals surface area contributed by atoms with E-state index in [1.807, 2.05) is 90.2 Å². The number of hydrogen-bond acceptors (Lipinski definition) is 6. The molecule has 0 amide bonds. The molecule has 7 heteroatoms. The summed E-state index contributed by atoms with van der Waals surface area (Å²) in [7, 11) is 0. The second-order valence-electron chi connectivity index (χ2n) is 14.7. The minimum absolute atomic E-state index is 0.545. The Morgan fingerprint density at radius 2 is 1.03 bits per heavy atom. The maximum atomic E-state index is 6.52. The molecule has 0 atom stereocenters. The number of aromatic nitrogens is 5. The summed E-state index contributed by atoms with van der Waals surface area (Å²) in [5.41, 5.74) is 10.7. The van der Waals surface area contributed by atoms with Crippen molar-refractivity contribution in [1.29, 1.82) is 0 Å². The van der Waals surface area contributed by atoms with E-state index in [-0.39, 0.29) is 0 Å². The second-order valence-corrected chi connectivity index (χ2v) is 15.7. The van der Waals surface area contributed by atoms with Crippen LogP contribution in [0.2, 0.25) is 0 Å². The van der Waals surface area contributed by atoms with Gasteiger partial charge in [0.2, 0.25) is 5.89 Å². The molecule has 0 fully saturated rings. The van der Waals surface area contributed by atoms with Crippen molar-refractivity contribution < 1.29 is 4.42 Å². The zero-order chi connectivity index (χ0) is 38.9. The number of nitrogens with zero attached hydrogens (tertiary/aromatic N) is 5. The van der Waals surface area contributed by atoms with Crippen molar-refractivity contribution in [2.45, 2.75) is 0 Å². The molecular weight excluding hydrogens is 743 g/mol. The van der Waals surface area contributed by atoms with Crippen LogP contribution >= 0.6 is 11.3 Å². The fraction of sp³-hybridized carbons (Fsp3) is 0. The van der Waals surface area contributed by atoms with E-state index in [0.29, 0.717) is 28.9 Å². The molecule has 0 saturated heterocycles. The van der Waals surface area contributed by atoms with E-state index in [9.17, 15) is 0 Å². The molecule has 0 radical (unpaired) electrons. The lowest BCUT2D eigenvalue weighted by molar-refractivity contribution is 0.620. The van der Waals surface area contributed by atoms with Crippen molar-refractivity contribution in [2.24, 2.45) is 0 Å². The van der Waals surface area contributed by atoms with Gasteiger partial charge >= 0.3 is 0 Å². The zero-order valence-electron chi connectivity index (χ0n) is 31.5. The van der Waals surface area contributed by atoms with Crippen LogP contribution < -0.4 is 0 Å². The summed E-state index contributed by atoms with van der Waals surface area (Å²) in [6.45, 7) is 0. The Kier molecular flexibility index (Phi) is 7.61. The van der Waals surface area contributed by atoms with Gasteiger partial charge in [-0.3, -0.25) is 0 Å². The molecule has 0 N–H and O–H groups in total. The Labute approximate surface area is 342 Å². The van der Waals surface area contributed by atoms with Gasteiger partial charge in [-0.05, 0) is 71.8 Å². The highest BCUT2D eigenvalue weighted by molar-refractivity contribution is 7.26. The number of para-hydroxylation sites is 1. The number of thiophene rings is 1. The summed E-state index contributed by atoms with van der Waals surface area (Å²) >= 11 is 1.87. The van der Waals surface area contributed by atoms with E-state index in [1.54, 1.807) is 0 Å². The number of oxazole rings is 1. The Hall–Kier alpha value is -7.74. The monoisotopic (exact) mass is 773 g/mol. The number of rotatable bonds is 6. The Balaban J connectivity index is 0.939. The van der Waals surface area contributed by atoms with Gasteiger partial charge in [0.1, 0.15) is 5.52 Å². The van der Waals surface area contributed by atoms with Crippen LogP contribution in [0.4, 0.5) is 0 Å². The summed E-state index contributed by atoms with van der Waals surface area (Å²) in [4.78, 5) is 19.6. The van der Waals surface area contributed by atoms with Crippen LogP contribution in [0.1, 0.15) is 0 Å². The van der Waals surface area contributed by atoms with Gasteiger partial charge in [-0.15, -0.1) is 11.3 Å². The largest absolute Gasteiger partial charge is 0.436 e. The summed E-state index contributed by atoms with van der Waals surface area (Å²) in [6, 6.07) is 65.2. The quantitative estimate of drug-likeness (QED) is 0.168. The van der Waals surface area contributed by atoms with E-state index >= 15 is 0 Å². The van der Waals surface area contributed by atoms with Crippen LogP contribution in [0.25, 0.3) is 116 Å². The van der Waals surface area contributed by atoms with Crippen LogP contribution in [-0.4, -0.2) is 24.5 Å². The van der Waals surface area contributed by atoms with Gasteiger partial charge in [0.05, 0.1) is 11.0 Å². The van der Waals surface area contributed by atoms with E-state index in [0.717, 1.165) is 44.5 Å². The third kappa shape index (κ3) is 5.62. The smallest absolute Gasteiger partial charge is 0.227 e. The summed E-state index contributed by atoms with van der Waals surface area (Å²) in [5, 5.41) is 5.03. The van der Waals surface area contributed by atoms with Gasteiger partial charge in [0, 0.05) is 58.9 Å². The predicted molar refractivity (Wildman–Crippen MR) is 242 cm³/mol. The molecule has 0 aliphatic rings. The van der Waals surface area contributed by atoms with Gasteiger partial charge in [-0.2, -0.15) is 0 Å². The first-order valence-electron chi connectivity index (χ1n) is 19.5. The van der Waals surface area contributed by atoms with Gasteiger partial charge in [0.15, 0.2) is 23.1 Å². The van der Waals surface area contributed by atoms with Crippen LogP contribution in [0.15, 0.2) is 192 Å². The summed E-state index contributed by atoms with van der Waals surface area (Å²) in [6.07, 6.45) is 0. The molecule has 0 spiro atoms. The number of benzene rings is 8. The molecule has 6 nitrogen and oxygen atoms in total. The summed E-state index contributed by atoms with van der Waals surface area (Å²) in [5.74, 6) is 2.33. The summed E-state index contributed by atoms with van der Waals surface area (Å²) < 4.78 is 11.5. The fourth-order valence-corrected chi connectivity index (χ4v) is 9.53. The molecule has 4 aromatic heterocycles. The van der Waals surface area contributed by atoms with Gasteiger partial charge in [-0.1, -0.05) is 127 Å². The Bertz CT molecular complexity index is 3510. The third-order valence-electron chi connectivity index (χ3n) is 11.1. The van der Waals surface area contributed by atoms with E-state index < -0.39 is 0 Å². The van der Waals surface area contributed by atoms with Crippen LogP contribution in [0.3, 0.4) is 0 Å². The van der Waals surface area contributed by atoms with Crippen molar-refractivity contribution in [3.8, 4) is 62.4 Å². The van der Waals surface area contributed by atoms with Crippen molar-refractivity contribution in [3.05, 3.63) is 188 Å². The van der Waals surface area contributed by atoms with Gasteiger partial charge in [0.25, 0.3) is 0 Å². The SMILES string of the molecule is c1ccc(-c2nc(-c3ccccc3)nc(-c3ccc4nc(-c5cccc(-n6c7ccccc7c7cc(-c8cccc9c8sc8ccccc89)ccc76)c5)oc4c3)n2)cc1. The van der Waals surface area contributed by atoms with E-state index in [4.69, 9.17) is 24.4 Å². The van der Waals surface area contributed by atoms with Crippen LogP contribution in [0.5, 0.6) is 0 Å². The van der Waals surface area contributed by atoms with Crippen LogP contribution in [0, 0.1) is 0 Å². The molecule has 0 bridgehead atoms. The lowest BCUT2D eigenvalue weighted by Crippen LogP contribution is -2.00. The standard InChI is InChI=1S/C52H31N5OS/c1-3-13-32(14-4-1)49-54-50(33-15-5-2-6-16-33)56-51(55-49)35-25-27-43-46(31-35)58-52(53-43)36-17-11-18-37(29-36)57-44-23-9-7-19-39(44)42-30-34(26-28-45(42)57)38-21-12-22-41-40-20-8-10-24-47(40)59-48(38)41/h1-31H. The van der Waals surface area contributed by atoms with Crippen molar-refractivity contribution in [1.82, 2.24) is 24.5 Å². The molecule has 12 aromatic rings. The average molecular weight is 774 g/mol. The molecule has 59 heavy (non-hydrogen) atoms. The van der Waals surface area contributed by atoms with E-state index in [1.165, 1.54) is 42.1 Å². The normalized spacial score (nSPS) is 11.7. The molecule has 12 rings (SSSR count). The average Bonchev–Trinajstić information content (AvgIpc) is 4.01. The first kappa shape index (κ1) is 33.4. The molecule has 0 aliphatic carbocycles. The molecule has 4 heterocycles. The highest BCUT2D eigenvalue weighted by Crippen LogP contribution is 2.42. The predicted octanol–water partition coefficient (Wildman–Crippen LogP) is 13.8. The highest BCUT2D eigenvalue weighted by atomic mass is 32.1. The molecule has 8 aromatic carbocycles. The number of fused-ring (bicyclic) bond motifs is 7. The lowest BCUT2D eigenvalue weighted by Gasteiger charge is -2.10. The molecular formula is C52H31N5OS. The van der Waals surface area contributed by atoms with Crippen molar-refractivity contribution in [3.63, 3.8) is 0 Å². The molecule has 0 saturated carbocycles. The van der Waals surface area contributed by atoms with Gasteiger partial charge in [-0.25, -0.2) is 19.9 Å². The minimum atomic E-state index is 0.545.